The molecular weight excluding hydrogens is 360 g/mol. The first-order valence-electron chi connectivity index (χ1n) is 6.80. The van der Waals surface area contributed by atoms with Crippen LogP contribution in [0.3, 0.4) is 0 Å². The van der Waals surface area contributed by atoms with Gasteiger partial charge in [0.1, 0.15) is 14.6 Å². The third kappa shape index (κ3) is 2.95. The molecule has 1 aromatic rings. The van der Waals surface area contributed by atoms with Crippen molar-refractivity contribution in [3.05, 3.63) is 34.1 Å². The van der Waals surface area contributed by atoms with Gasteiger partial charge in [0.25, 0.3) is 10.0 Å². The van der Waals surface area contributed by atoms with E-state index < -0.39 is 24.6 Å². The number of thioether (sulfide) groups is 1. The number of ether oxygens (including phenoxy) is 1. The molecule has 0 aromatic heterocycles. The van der Waals surface area contributed by atoms with Crippen LogP contribution in [-0.4, -0.2) is 35.1 Å². The first-order valence-corrected chi connectivity index (χ1v) is 10.7. The molecule has 3 rings (SSSR count). The number of benzene rings is 1. The Morgan fingerprint density at radius 1 is 1.39 bits per heavy atom. The molecule has 0 saturated carbocycles. The minimum absolute atomic E-state index is 0.116. The maximum atomic E-state index is 12.8. The molecule has 7 nitrogen and oxygen atoms in total. The zero-order chi connectivity index (χ0) is 16.8. The molecule has 2 aliphatic rings. The predicted molar refractivity (Wildman–Crippen MR) is 90.0 cm³/mol. The fourth-order valence-electron chi connectivity index (χ4n) is 2.65. The number of rotatable bonds is 3. The standard InChI is InChI=1S/C13H16N2O5S3/c1-20-11-4-2-3-10(8-11)15-6-5-9-7-12(22(14,16)17)21-13(9)23(15,18)19/h2-4,8,12H,5-7H2,1H3,(H2,14,16,17). The molecule has 23 heavy (non-hydrogen) atoms. The van der Waals surface area contributed by atoms with Crippen LogP contribution in [0.4, 0.5) is 5.69 Å². The van der Waals surface area contributed by atoms with Crippen LogP contribution in [0.2, 0.25) is 0 Å². The second-order valence-corrected chi connectivity index (χ2v) is 10.6. The molecule has 10 heteroatoms. The molecular formula is C13H16N2O5S3. The topological polar surface area (TPSA) is 107 Å². The van der Waals surface area contributed by atoms with Crippen molar-refractivity contribution in [1.82, 2.24) is 0 Å². The lowest BCUT2D eigenvalue weighted by molar-refractivity contribution is 0.415. The average Bonchev–Trinajstić information content (AvgIpc) is 2.93. The minimum atomic E-state index is -3.79. The average molecular weight is 376 g/mol. The normalized spacial score (nSPS) is 23.7. The van der Waals surface area contributed by atoms with E-state index in [-0.39, 0.29) is 17.2 Å². The predicted octanol–water partition coefficient (Wildman–Crippen LogP) is 1.20. The van der Waals surface area contributed by atoms with Gasteiger partial charge in [0.2, 0.25) is 10.0 Å². The number of hydrogen-bond donors (Lipinski definition) is 1. The summed E-state index contributed by atoms with van der Waals surface area (Å²) in [5.41, 5.74) is 1.14. The Balaban J connectivity index is 1.97. The van der Waals surface area contributed by atoms with E-state index in [1.807, 2.05) is 0 Å². The molecule has 0 fully saturated rings. The highest BCUT2D eigenvalue weighted by molar-refractivity contribution is 8.24. The van der Waals surface area contributed by atoms with Crippen LogP contribution in [0.15, 0.2) is 34.1 Å². The van der Waals surface area contributed by atoms with Gasteiger partial charge in [0.15, 0.2) is 0 Å². The van der Waals surface area contributed by atoms with Gasteiger partial charge in [0.05, 0.1) is 12.8 Å². The Morgan fingerprint density at radius 3 is 2.78 bits per heavy atom. The van der Waals surface area contributed by atoms with E-state index >= 15 is 0 Å². The number of hydrogen-bond acceptors (Lipinski definition) is 6. The third-order valence-corrected chi connectivity index (χ3v) is 9.37. The van der Waals surface area contributed by atoms with Gasteiger partial charge >= 0.3 is 0 Å². The summed E-state index contributed by atoms with van der Waals surface area (Å²) in [5.74, 6) is 0.555. The summed E-state index contributed by atoms with van der Waals surface area (Å²) < 4.78 is 54.3. The molecule has 1 atom stereocenters. The van der Waals surface area contributed by atoms with Crippen LogP contribution >= 0.6 is 11.8 Å². The summed E-state index contributed by atoms with van der Waals surface area (Å²) >= 11 is 0.823. The number of sulfonamides is 2. The lowest BCUT2D eigenvalue weighted by atomic mass is 10.1. The molecule has 0 amide bonds. The van der Waals surface area contributed by atoms with Crippen molar-refractivity contribution in [2.75, 3.05) is 18.0 Å². The van der Waals surface area contributed by atoms with Gasteiger partial charge in [0, 0.05) is 12.6 Å². The molecule has 0 radical (unpaired) electrons. The second kappa shape index (κ2) is 5.69. The Kier molecular flexibility index (Phi) is 4.11. The third-order valence-electron chi connectivity index (χ3n) is 3.79. The van der Waals surface area contributed by atoms with Crippen molar-refractivity contribution in [2.24, 2.45) is 5.14 Å². The van der Waals surface area contributed by atoms with E-state index in [0.29, 0.717) is 23.4 Å². The van der Waals surface area contributed by atoms with Crippen LogP contribution in [0.5, 0.6) is 5.75 Å². The van der Waals surface area contributed by atoms with Gasteiger partial charge in [-0.25, -0.2) is 22.0 Å². The van der Waals surface area contributed by atoms with E-state index in [9.17, 15) is 16.8 Å². The van der Waals surface area contributed by atoms with Crippen molar-refractivity contribution in [1.29, 1.82) is 0 Å². The summed E-state index contributed by atoms with van der Waals surface area (Å²) in [6, 6.07) is 6.76. The van der Waals surface area contributed by atoms with Gasteiger partial charge in [-0.2, -0.15) is 0 Å². The SMILES string of the molecule is COc1cccc(N2CCC3=C(SC(S(N)(=O)=O)C3)S2(=O)=O)c1. The molecule has 126 valence electrons. The fraction of sp³-hybridized carbons (Fsp3) is 0.385. The number of nitrogens with two attached hydrogens (primary N) is 1. The summed E-state index contributed by atoms with van der Waals surface area (Å²) in [5, 5.41) is 5.17. The first-order chi connectivity index (χ1) is 10.7. The zero-order valence-corrected chi connectivity index (χ0v) is 14.7. The van der Waals surface area contributed by atoms with Crippen molar-refractivity contribution in [2.45, 2.75) is 17.4 Å². The van der Waals surface area contributed by atoms with Gasteiger partial charge in [-0.3, -0.25) is 4.31 Å². The molecule has 2 N–H and O–H groups in total. The molecule has 0 saturated heterocycles. The van der Waals surface area contributed by atoms with Crippen molar-refractivity contribution in [3.8, 4) is 5.75 Å². The van der Waals surface area contributed by atoms with E-state index in [1.165, 1.54) is 11.4 Å². The van der Waals surface area contributed by atoms with Crippen LogP contribution in [0, 0.1) is 0 Å². The lowest BCUT2D eigenvalue weighted by Crippen LogP contribution is -2.35. The van der Waals surface area contributed by atoms with E-state index in [0.717, 1.165) is 11.8 Å². The first kappa shape index (κ1) is 16.6. The summed E-state index contributed by atoms with van der Waals surface area (Å²) in [4.78, 5) is 0. The molecule has 0 bridgehead atoms. The summed E-state index contributed by atoms with van der Waals surface area (Å²) in [6.45, 7) is 0.270. The molecule has 0 aliphatic carbocycles. The van der Waals surface area contributed by atoms with Gasteiger partial charge < -0.3 is 4.74 Å². The van der Waals surface area contributed by atoms with E-state index in [4.69, 9.17) is 9.88 Å². The number of anilines is 1. The van der Waals surface area contributed by atoms with Gasteiger partial charge in [-0.15, -0.1) is 0 Å². The molecule has 1 aromatic carbocycles. The quantitative estimate of drug-likeness (QED) is 0.849. The van der Waals surface area contributed by atoms with Crippen molar-refractivity contribution < 1.29 is 21.6 Å². The molecule has 2 aliphatic heterocycles. The fourth-order valence-corrected chi connectivity index (χ4v) is 7.54. The van der Waals surface area contributed by atoms with Crippen LogP contribution in [0.25, 0.3) is 0 Å². The minimum Gasteiger partial charge on any atom is -0.497 e. The molecule has 2 heterocycles. The van der Waals surface area contributed by atoms with Crippen molar-refractivity contribution in [3.63, 3.8) is 0 Å². The van der Waals surface area contributed by atoms with Crippen LogP contribution < -0.4 is 14.2 Å². The summed E-state index contributed by atoms with van der Waals surface area (Å²) in [6.07, 6.45) is 0.662. The molecule has 1 unspecified atom stereocenters. The van der Waals surface area contributed by atoms with E-state index in [2.05, 4.69) is 0 Å². The zero-order valence-electron chi connectivity index (χ0n) is 12.3. The Labute approximate surface area is 139 Å². The largest absolute Gasteiger partial charge is 0.497 e. The van der Waals surface area contributed by atoms with Crippen LogP contribution in [-0.2, 0) is 20.0 Å². The maximum Gasteiger partial charge on any atom is 0.270 e. The highest BCUT2D eigenvalue weighted by Crippen LogP contribution is 2.48. The Hall–Kier alpha value is -1.23. The lowest BCUT2D eigenvalue weighted by Gasteiger charge is -2.29. The van der Waals surface area contributed by atoms with E-state index in [1.54, 1.807) is 24.3 Å². The second-order valence-electron chi connectivity index (χ2n) is 5.26. The number of primary sulfonamides is 1. The monoisotopic (exact) mass is 376 g/mol. The van der Waals surface area contributed by atoms with Gasteiger partial charge in [-0.05, 0) is 30.5 Å². The number of methoxy groups -OCH3 is 1. The van der Waals surface area contributed by atoms with Gasteiger partial charge in [-0.1, -0.05) is 17.8 Å². The Bertz CT molecular complexity index is 877. The smallest absolute Gasteiger partial charge is 0.270 e. The van der Waals surface area contributed by atoms with Crippen molar-refractivity contribution >= 4 is 37.5 Å². The number of nitrogens with zero attached hydrogens (tertiary/aromatic N) is 1. The van der Waals surface area contributed by atoms with Crippen LogP contribution in [0.1, 0.15) is 12.8 Å². The highest BCUT2D eigenvalue weighted by atomic mass is 32.3. The molecule has 0 spiro atoms. The maximum absolute atomic E-state index is 12.8. The Morgan fingerprint density at radius 2 is 2.13 bits per heavy atom. The summed E-state index contributed by atoms with van der Waals surface area (Å²) in [7, 11) is -6.05. The highest BCUT2D eigenvalue weighted by Gasteiger charge is 2.43.